The zero-order valence-corrected chi connectivity index (χ0v) is 9.58. The Labute approximate surface area is 94.7 Å². The number of nitrogens with zero attached hydrogens (tertiary/aromatic N) is 2. The maximum absolute atomic E-state index is 11.7. The molecule has 0 saturated heterocycles. The fraction of sp³-hybridized carbons (Fsp3) is 0.273. The van der Waals surface area contributed by atoms with Crippen molar-refractivity contribution in [3.8, 4) is 12.1 Å². The molecule has 16 heavy (non-hydrogen) atoms. The van der Waals surface area contributed by atoms with Crippen LogP contribution in [0, 0.1) is 22.7 Å². The topological polar surface area (TPSA) is 81.7 Å². The first-order valence-corrected chi connectivity index (χ1v) is 6.37. The Morgan fingerprint density at radius 2 is 1.81 bits per heavy atom. The van der Waals surface area contributed by atoms with Crippen LogP contribution in [0.25, 0.3) is 0 Å². The minimum Gasteiger partial charge on any atom is -0.224 e. The Morgan fingerprint density at radius 1 is 1.19 bits per heavy atom. The molecule has 0 fully saturated rings. The second kappa shape index (κ2) is 4.78. The van der Waals surface area contributed by atoms with Crippen molar-refractivity contribution < 1.29 is 8.42 Å². The van der Waals surface area contributed by atoms with Gasteiger partial charge >= 0.3 is 0 Å². The summed E-state index contributed by atoms with van der Waals surface area (Å²) in [6.07, 6.45) is 0.518. The first-order valence-electron chi connectivity index (χ1n) is 4.72. The normalized spacial score (nSPS) is 10.4. The van der Waals surface area contributed by atoms with Gasteiger partial charge in [0.15, 0.2) is 9.84 Å². The molecule has 0 saturated carbocycles. The average Bonchev–Trinajstić information content (AvgIpc) is 2.28. The largest absolute Gasteiger partial charge is 0.224 e. The van der Waals surface area contributed by atoms with Crippen LogP contribution in [-0.2, 0) is 9.84 Å². The Hall–Kier alpha value is -1.85. The lowest BCUT2D eigenvalue weighted by Crippen LogP contribution is -2.06. The highest BCUT2D eigenvalue weighted by Gasteiger charge is 2.15. The Balaban J connectivity index is 3.32. The van der Waals surface area contributed by atoms with Crippen molar-refractivity contribution in [2.45, 2.75) is 18.2 Å². The molecule has 1 aromatic rings. The van der Waals surface area contributed by atoms with Gasteiger partial charge in [-0.05, 0) is 24.6 Å². The number of hydrogen-bond acceptors (Lipinski definition) is 4. The Kier molecular flexibility index (Phi) is 3.65. The summed E-state index contributed by atoms with van der Waals surface area (Å²) in [6, 6.07) is 7.64. The highest BCUT2D eigenvalue weighted by atomic mass is 32.2. The molecule has 0 heterocycles. The van der Waals surface area contributed by atoms with Crippen LogP contribution in [-0.4, -0.2) is 14.2 Å². The molecule has 0 N–H and O–H groups in total. The zero-order valence-electron chi connectivity index (χ0n) is 8.77. The maximum Gasteiger partial charge on any atom is 0.178 e. The van der Waals surface area contributed by atoms with E-state index >= 15 is 0 Å². The second-order valence-electron chi connectivity index (χ2n) is 3.25. The molecule has 0 amide bonds. The van der Waals surface area contributed by atoms with E-state index < -0.39 is 9.84 Å². The van der Waals surface area contributed by atoms with Crippen molar-refractivity contribution in [2.24, 2.45) is 0 Å². The molecule has 5 heteroatoms. The van der Waals surface area contributed by atoms with Crippen LogP contribution in [0.2, 0.25) is 0 Å². The van der Waals surface area contributed by atoms with Gasteiger partial charge in [0.25, 0.3) is 0 Å². The minimum absolute atomic E-state index is 0.0454. The van der Waals surface area contributed by atoms with Gasteiger partial charge in [0, 0.05) is 0 Å². The lowest BCUT2D eigenvalue weighted by atomic mass is 10.1. The van der Waals surface area contributed by atoms with Crippen molar-refractivity contribution >= 4 is 9.84 Å². The second-order valence-corrected chi connectivity index (χ2v) is 5.36. The molecule has 0 aromatic heterocycles. The minimum atomic E-state index is -3.33. The summed E-state index contributed by atoms with van der Waals surface area (Å²) in [5.41, 5.74) is 0.289. The first-order chi connectivity index (χ1) is 7.55. The summed E-state index contributed by atoms with van der Waals surface area (Å²) >= 11 is 0. The van der Waals surface area contributed by atoms with E-state index in [1.165, 1.54) is 18.2 Å². The molecule has 0 aliphatic heterocycles. The summed E-state index contributed by atoms with van der Waals surface area (Å²) in [7, 11) is -3.33. The highest BCUT2D eigenvalue weighted by molar-refractivity contribution is 7.91. The summed E-state index contributed by atoms with van der Waals surface area (Å²) in [4.78, 5) is 0.102. The number of rotatable bonds is 3. The van der Waals surface area contributed by atoms with Crippen molar-refractivity contribution in [3.63, 3.8) is 0 Å². The third-order valence-corrected chi connectivity index (χ3v) is 3.98. The smallest absolute Gasteiger partial charge is 0.178 e. The van der Waals surface area contributed by atoms with Gasteiger partial charge in [-0.25, -0.2) is 8.42 Å². The molecule has 82 valence electrons. The average molecular weight is 234 g/mol. The third kappa shape index (κ3) is 2.39. The fourth-order valence-corrected chi connectivity index (χ4v) is 2.64. The van der Waals surface area contributed by atoms with Gasteiger partial charge in [0.2, 0.25) is 0 Å². The van der Waals surface area contributed by atoms with E-state index in [0.717, 1.165) is 0 Å². The van der Waals surface area contributed by atoms with Gasteiger partial charge in [0.05, 0.1) is 21.8 Å². The van der Waals surface area contributed by atoms with E-state index in [1.807, 2.05) is 12.1 Å². The van der Waals surface area contributed by atoms with Crippen molar-refractivity contribution in [3.05, 3.63) is 29.3 Å². The predicted octanol–water partition coefficient (Wildman–Crippen LogP) is 1.61. The molecule has 0 spiro atoms. The molecule has 0 unspecified atom stereocenters. The molecule has 1 rings (SSSR count). The van der Waals surface area contributed by atoms with E-state index in [2.05, 4.69) is 0 Å². The van der Waals surface area contributed by atoms with E-state index in [-0.39, 0.29) is 21.8 Å². The number of nitriles is 2. The van der Waals surface area contributed by atoms with Gasteiger partial charge in [0.1, 0.15) is 12.1 Å². The monoisotopic (exact) mass is 234 g/mol. The maximum atomic E-state index is 11.7. The van der Waals surface area contributed by atoms with Crippen LogP contribution in [0.5, 0.6) is 0 Å². The van der Waals surface area contributed by atoms with Gasteiger partial charge in [-0.1, -0.05) is 6.92 Å². The summed E-state index contributed by atoms with van der Waals surface area (Å²) in [5.74, 6) is 0.0454. The molecule has 0 bridgehead atoms. The quantitative estimate of drug-likeness (QED) is 0.795. The van der Waals surface area contributed by atoms with Crippen molar-refractivity contribution in [1.29, 1.82) is 10.5 Å². The molecule has 0 aliphatic rings. The van der Waals surface area contributed by atoms with Gasteiger partial charge in [-0.3, -0.25) is 0 Å². The molecular weight excluding hydrogens is 224 g/mol. The van der Waals surface area contributed by atoms with Crippen LogP contribution in [0.3, 0.4) is 0 Å². The summed E-state index contributed by atoms with van der Waals surface area (Å²) < 4.78 is 23.4. The Bertz CT molecular complexity index is 577. The Morgan fingerprint density at radius 3 is 2.31 bits per heavy atom. The molecule has 0 radical (unpaired) electrons. The molecule has 0 aliphatic carbocycles. The van der Waals surface area contributed by atoms with Gasteiger partial charge in [-0.2, -0.15) is 10.5 Å². The van der Waals surface area contributed by atoms with E-state index in [1.54, 1.807) is 6.92 Å². The standard InChI is InChI=1S/C11H10N2O2S/c1-2-5-16(14,15)11-4-3-9(7-12)10(6-11)8-13/h3-4,6H,2,5H2,1H3. The SMILES string of the molecule is CCCS(=O)(=O)c1ccc(C#N)c(C#N)c1. The van der Waals surface area contributed by atoms with E-state index in [4.69, 9.17) is 10.5 Å². The van der Waals surface area contributed by atoms with E-state index in [0.29, 0.717) is 6.42 Å². The number of sulfone groups is 1. The molecular formula is C11H10N2O2S. The third-order valence-electron chi connectivity index (χ3n) is 2.06. The fourth-order valence-electron chi connectivity index (χ4n) is 1.29. The van der Waals surface area contributed by atoms with Crippen LogP contribution in [0.4, 0.5) is 0 Å². The summed E-state index contributed by atoms with van der Waals surface area (Å²) in [5, 5.41) is 17.5. The first kappa shape index (κ1) is 12.2. The van der Waals surface area contributed by atoms with Gasteiger partial charge in [-0.15, -0.1) is 0 Å². The lowest BCUT2D eigenvalue weighted by Gasteiger charge is -2.03. The number of hydrogen-bond donors (Lipinski definition) is 0. The number of benzene rings is 1. The zero-order chi connectivity index (χ0) is 12.2. The summed E-state index contributed by atoms with van der Waals surface area (Å²) in [6.45, 7) is 1.77. The van der Waals surface area contributed by atoms with Crippen LogP contribution >= 0.6 is 0 Å². The molecule has 1 aromatic carbocycles. The lowest BCUT2D eigenvalue weighted by molar-refractivity contribution is 0.594. The van der Waals surface area contributed by atoms with Crippen molar-refractivity contribution in [1.82, 2.24) is 0 Å². The van der Waals surface area contributed by atoms with Gasteiger partial charge < -0.3 is 0 Å². The van der Waals surface area contributed by atoms with Crippen LogP contribution in [0.1, 0.15) is 24.5 Å². The van der Waals surface area contributed by atoms with Crippen LogP contribution in [0.15, 0.2) is 23.1 Å². The molecule has 4 nitrogen and oxygen atoms in total. The van der Waals surface area contributed by atoms with Crippen LogP contribution < -0.4 is 0 Å². The predicted molar refractivity (Wildman–Crippen MR) is 58.2 cm³/mol. The molecule has 0 atom stereocenters. The van der Waals surface area contributed by atoms with E-state index in [9.17, 15) is 8.42 Å². The highest BCUT2D eigenvalue weighted by Crippen LogP contribution is 2.16. The van der Waals surface area contributed by atoms with Crippen molar-refractivity contribution in [2.75, 3.05) is 5.75 Å².